The minimum Gasteiger partial charge on any atom is -0.475 e. The highest BCUT2D eigenvalue weighted by Gasteiger charge is 2.31. The molecule has 2 rings (SSSR count). The zero-order chi connectivity index (χ0) is 14.2. The van der Waals surface area contributed by atoms with Crippen LogP contribution in [0.15, 0.2) is 34.7 Å². The van der Waals surface area contributed by atoms with Gasteiger partial charge in [-0.25, -0.2) is 9.18 Å². The summed E-state index contributed by atoms with van der Waals surface area (Å²) >= 11 is 0. The van der Waals surface area contributed by atoms with Crippen molar-refractivity contribution in [3.05, 3.63) is 47.5 Å². The first-order valence-electron chi connectivity index (χ1n) is 4.99. The Morgan fingerprint density at radius 1 is 1.16 bits per heavy atom. The first kappa shape index (κ1) is 13.1. The van der Waals surface area contributed by atoms with E-state index < -0.39 is 29.3 Å². The second-order valence-corrected chi connectivity index (χ2v) is 3.66. The van der Waals surface area contributed by atoms with Gasteiger partial charge in [-0.1, -0.05) is 0 Å². The van der Waals surface area contributed by atoms with E-state index in [2.05, 4.69) is 0 Å². The second-order valence-electron chi connectivity index (χ2n) is 3.66. The fraction of sp³-hybridized carbons (Fsp3) is 0.0833. The zero-order valence-corrected chi connectivity index (χ0v) is 9.16. The monoisotopic (exact) mass is 274 g/mol. The van der Waals surface area contributed by atoms with E-state index in [0.717, 1.165) is 12.1 Å². The maximum absolute atomic E-state index is 13.6. The largest absolute Gasteiger partial charge is 0.475 e. The molecule has 3 nitrogen and oxygen atoms in total. The molecule has 19 heavy (non-hydrogen) atoms. The summed E-state index contributed by atoms with van der Waals surface area (Å²) in [6, 6.07) is 4.19. The van der Waals surface area contributed by atoms with Gasteiger partial charge in [0.2, 0.25) is 5.76 Å². The van der Waals surface area contributed by atoms with Crippen molar-refractivity contribution in [2.75, 3.05) is 0 Å². The lowest BCUT2D eigenvalue weighted by atomic mass is 10.1. The lowest BCUT2D eigenvalue weighted by Crippen LogP contribution is -2.05. The van der Waals surface area contributed by atoms with E-state index in [1.54, 1.807) is 0 Å². The standard InChI is InChI=1S/C12H6F4O3/c13-8-5-6(12(14,15)16)1-2-7(8)9-3-4-10(19-9)11(17)18/h1-5H,(H,17,18). The second kappa shape index (κ2) is 4.42. The average molecular weight is 274 g/mol. The lowest BCUT2D eigenvalue weighted by Gasteiger charge is -2.07. The summed E-state index contributed by atoms with van der Waals surface area (Å²) < 4.78 is 55.4. The number of alkyl halides is 3. The maximum atomic E-state index is 13.6. The van der Waals surface area contributed by atoms with Crippen molar-refractivity contribution in [1.29, 1.82) is 0 Å². The van der Waals surface area contributed by atoms with Crippen LogP contribution in [0.3, 0.4) is 0 Å². The van der Waals surface area contributed by atoms with Crippen molar-refractivity contribution in [2.24, 2.45) is 0 Å². The van der Waals surface area contributed by atoms with Crippen LogP contribution in [0.4, 0.5) is 17.6 Å². The fourth-order valence-electron chi connectivity index (χ4n) is 1.49. The Labute approximate surface area is 104 Å². The molecule has 0 aliphatic heterocycles. The number of hydrogen-bond acceptors (Lipinski definition) is 2. The Hall–Kier alpha value is -2.31. The number of furan rings is 1. The van der Waals surface area contributed by atoms with Crippen LogP contribution in [0.5, 0.6) is 0 Å². The van der Waals surface area contributed by atoms with Crippen LogP contribution in [0, 0.1) is 5.82 Å². The molecule has 0 bridgehead atoms. The van der Waals surface area contributed by atoms with Crippen LogP contribution in [-0.2, 0) is 6.18 Å². The van der Waals surface area contributed by atoms with Crippen LogP contribution in [0.25, 0.3) is 11.3 Å². The molecule has 1 N–H and O–H groups in total. The molecule has 0 aliphatic carbocycles. The Morgan fingerprint density at radius 3 is 2.32 bits per heavy atom. The van der Waals surface area contributed by atoms with E-state index in [9.17, 15) is 22.4 Å². The number of rotatable bonds is 2. The molecule has 0 saturated heterocycles. The summed E-state index contributed by atoms with van der Waals surface area (Å²) in [6.07, 6.45) is -4.64. The highest BCUT2D eigenvalue weighted by molar-refractivity contribution is 5.85. The zero-order valence-electron chi connectivity index (χ0n) is 9.16. The molecule has 7 heteroatoms. The van der Waals surface area contributed by atoms with Crippen molar-refractivity contribution in [2.45, 2.75) is 6.18 Å². The van der Waals surface area contributed by atoms with Crippen LogP contribution in [-0.4, -0.2) is 11.1 Å². The molecule has 0 amide bonds. The van der Waals surface area contributed by atoms with Gasteiger partial charge in [0.1, 0.15) is 11.6 Å². The van der Waals surface area contributed by atoms with Crippen molar-refractivity contribution in [3.63, 3.8) is 0 Å². The van der Waals surface area contributed by atoms with Gasteiger partial charge >= 0.3 is 12.1 Å². The number of hydrogen-bond donors (Lipinski definition) is 1. The van der Waals surface area contributed by atoms with Crippen LogP contribution >= 0.6 is 0 Å². The third kappa shape index (κ3) is 2.59. The molecule has 1 aromatic carbocycles. The van der Waals surface area contributed by atoms with E-state index in [1.807, 2.05) is 0 Å². The average Bonchev–Trinajstić information content (AvgIpc) is 2.76. The summed E-state index contributed by atoms with van der Waals surface area (Å²) in [4.78, 5) is 10.6. The molecule has 0 fully saturated rings. The Balaban J connectivity index is 2.43. The predicted octanol–water partition coefficient (Wildman–Crippen LogP) is 3.80. The third-order valence-corrected chi connectivity index (χ3v) is 2.38. The van der Waals surface area contributed by atoms with Gasteiger partial charge < -0.3 is 9.52 Å². The molecule has 0 atom stereocenters. The van der Waals surface area contributed by atoms with Crippen LogP contribution < -0.4 is 0 Å². The topological polar surface area (TPSA) is 50.4 Å². The summed E-state index contributed by atoms with van der Waals surface area (Å²) in [5.74, 6) is -3.06. The van der Waals surface area contributed by atoms with E-state index >= 15 is 0 Å². The van der Waals surface area contributed by atoms with E-state index in [1.165, 1.54) is 6.07 Å². The minimum absolute atomic E-state index is 0.149. The van der Waals surface area contributed by atoms with Crippen molar-refractivity contribution < 1.29 is 31.9 Å². The molecular formula is C12H6F4O3. The van der Waals surface area contributed by atoms with Gasteiger partial charge in [-0.2, -0.15) is 13.2 Å². The lowest BCUT2D eigenvalue weighted by molar-refractivity contribution is -0.137. The molecule has 0 unspecified atom stereocenters. The van der Waals surface area contributed by atoms with Crippen LogP contribution in [0.2, 0.25) is 0 Å². The molecule has 1 aromatic heterocycles. The summed E-state index contributed by atoms with van der Waals surface area (Å²) in [6.45, 7) is 0. The molecule has 0 saturated carbocycles. The molecule has 2 aromatic rings. The Kier molecular flexibility index (Phi) is 3.05. The van der Waals surface area contributed by atoms with E-state index in [4.69, 9.17) is 9.52 Å². The number of halogens is 4. The Morgan fingerprint density at radius 2 is 1.84 bits per heavy atom. The van der Waals surface area contributed by atoms with Gasteiger partial charge in [0, 0.05) is 0 Å². The molecule has 0 radical (unpaired) electrons. The SMILES string of the molecule is O=C(O)c1ccc(-c2ccc(C(F)(F)F)cc2F)o1. The van der Waals surface area contributed by atoms with Crippen molar-refractivity contribution in [1.82, 2.24) is 0 Å². The number of carboxylic acids is 1. The summed E-state index contributed by atoms with van der Waals surface area (Å²) in [5.41, 5.74) is -1.36. The number of aromatic carboxylic acids is 1. The van der Waals surface area contributed by atoms with Crippen LogP contribution in [0.1, 0.15) is 16.1 Å². The number of carbonyl (C=O) groups is 1. The number of carboxylic acid groups (broad SMARTS) is 1. The van der Waals surface area contributed by atoms with Gasteiger partial charge in [0.15, 0.2) is 0 Å². The smallest absolute Gasteiger partial charge is 0.416 e. The first-order valence-corrected chi connectivity index (χ1v) is 4.99. The highest BCUT2D eigenvalue weighted by Crippen LogP contribution is 2.33. The third-order valence-electron chi connectivity index (χ3n) is 2.38. The van der Waals surface area contributed by atoms with Gasteiger partial charge in [-0.15, -0.1) is 0 Å². The normalized spacial score (nSPS) is 11.6. The molecule has 0 aliphatic rings. The summed E-state index contributed by atoms with van der Waals surface area (Å²) in [7, 11) is 0. The van der Waals surface area contributed by atoms with Gasteiger partial charge in [0.05, 0.1) is 11.1 Å². The molecule has 100 valence electrons. The Bertz CT molecular complexity index is 628. The van der Waals surface area contributed by atoms with E-state index in [-0.39, 0.29) is 11.3 Å². The fourth-order valence-corrected chi connectivity index (χ4v) is 1.49. The van der Waals surface area contributed by atoms with Gasteiger partial charge in [-0.3, -0.25) is 0 Å². The summed E-state index contributed by atoms with van der Waals surface area (Å²) in [5, 5.41) is 8.63. The number of benzene rings is 1. The molecule has 0 spiro atoms. The quantitative estimate of drug-likeness (QED) is 0.847. The first-order chi connectivity index (χ1) is 8.79. The van der Waals surface area contributed by atoms with E-state index in [0.29, 0.717) is 12.1 Å². The minimum atomic E-state index is -4.64. The predicted molar refractivity (Wildman–Crippen MR) is 56.1 cm³/mol. The van der Waals surface area contributed by atoms with Gasteiger partial charge in [-0.05, 0) is 30.3 Å². The molecular weight excluding hydrogens is 268 g/mol. The van der Waals surface area contributed by atoms with Gasteiger partial charge in [0.25, 0.3) is 0 Å². The highest BCUT2D eigenvalue weighted by atomic mass is 19.4. The van der Waals surface area contributed by atoms with Crippen molar-refractivity contribution >= 4 is 5.97 Å². The molecule has 1 heterocycles. The van der Waals surface area contributed by atoms with Crippen molar-refractivity contribution in [3.8, 4) is 11.3 Å². The maximum Gasteiger partial charge on any atom is 0.416 e.